The summed E-state index contributed by atoms with van der Waals surface area (Å²) in [6, 6.07) is 11.3. The largest absolute Gasteiger partial charge is 0.480 e. The van der Waals surface area contributed by atoms with Crippen molar-refractivity contribution < 1.29 is 38.7 Å². The molecule has 0 aromatic rings. The van der Waals surface area contributed by atoms with Gasteiger partial charge in [-0.1, -0.05) is 19.3 Å². The number of rotatable bonds is 10. The zero-order valence-corrected chi connectivity index (χ0v) is 98.8. The fourth-order valence-electron chi connectivity index (χ4n) is 25.7. The van der Waals surface area contributed by atoms with Gasteiger partial charge in [-0.3, -0.25) is 88.1 Å². The van der Waals surface area contributed by atoms with Crippen molar-refractivity contribution in [3.8, 4) is 0 Å². The van der Waals surface area contributed by atoms with E-state index in [4.69, 9.17) is 28.8 Å². The summed E-state index contributed by atoms with van der Waals surface area (Å²) in [4.78, 5) is 107. The Kier molecular flexibility index (Phi) is 51.7. The molecule has 0 amide bonds. The van der Waals surface area contributed by atoms with E-state index in [0.29, 0.717) is 50.4 Å². The highest BCUT2D eigenvalue weighted by Crippen LogP contribution is 2.38. The first kappa shape index (κ1) is 127. The van der Waals surface area contributed by atoms with Crippen LogP contribution in [0.1, 0.15) is 395 Å². The van der Waals surface area contributed by atoms with Crippen LogP contribution in [0.25, 0.3) is 0 Å². The number of hydrogen-bond donors (Lipinski definition) is 1. The molecule has 0 bridgehead atoms. The fraction of sp³-hybridized carbons (Fsp3) is 0.966. The number of carbonyl (C=O) groups is 1. The molecule has 1 N–H and O–H groups in total. The van der Waals surface area contributed by atoms with E-state index in [1.807, 2.05) is 0 Å². The van der Waals surface area contributed by atoms with Gasteiger partial charge in [0.15, 0.2) is 0 Å². The van der Waals surface area contributed by atoms with E-state index in [1.54, 1.807) is 0 Å². The molecule has 18 saturated heterocycles. The number of carboxylic acids is 1. The van der Waals surface area contributed by atoms with Gasteiger partial charge in [0.1, 0.15) is 6.04 Å². The minimum absolute atomic E-state index is 0.226. The van der Waals surface area contributed by atoms with E-state index in [-0.39, 0.29) is 30.0 Å². The topological polar surface area (TPSA) is 198 Å². The predicted molar refractivity (Wildman–Crippen MR) is 589 cm³/mol. The van der Waals surface area contributed by atoms with Gasteiger partial charge >= 0.3 is 24.4 Å². The van der Waals surface area contributed by atoms with Crippen molar-refractivity contribution in [2.45, 2.75) is 535 Å². The van der Waals surface area contributed by atoms with Gasteiger partial charge in [-0.2, -0.15) is 28.8 Å². The zero-order valence-electron chi connectivity index (χ0n) is 98.8. The Morgan fingerprint density at radius 1 is 0.189 bits per heavy atom. The molecule has 18 heterocycles. The van der Waals surface area contributed by atoms with Crippen molar-refractivity contribution in [3.63, 3.8) is 0 Å². The summed E-state index contributed by atoms with van der Waals surface area (Å²) in [6.07, 6.45) is 37.3. The van der Waals surface area contributed by atoms with Crippen LogP contribution < -0.4 is 0 Å². The van der Waals surface area contributed by atoms with E-state index in [9.17, 15) is 9.90 Å². The number of carboxylic acid groups (broad SMARTS) is 1. The van der Waals surface area contributed by atoms with Crippen LogP contribution in [0.2, 0.25) is 0 Å². The van der Waals surface area contributed by atoms with Crippen LogP contribution in [0.3, 0.4) is 0 Å². The Morgan fingerprint density at radius 3 is 0.643 bits per heavy atom. The van der Waals surface area contributed by atoms with Crippen molar-refractivity contribution in [1.29, 1.82) is 0 Å². The van der Waals surface area contributed by atoms with Crippen LogP contribution in [-0.4, -0.2) is 455 Å². The highest BCUT2D eigenvalue weighted by atomic mass is 16.4. The summed E-state index contributed by atoms with van der Waals surface area (Å²) in [6.45, 7) is 113. The maximum atomic E-state index is 11.2. The van der Waals surface area contributed by atoms with Gasteiger partial charge in [0.2, 0.25) is 0 Å². The number of piperidine rings is 6. The number of nitrogens with zero attached hydrogens (tertiary/aromatic N) is 18. The van der Waals surface area contributed by atoms with E-state index in [0.717, 1.165) is 124 Å². The van der Waals surface area contributed by atoms with Crippen LogP contribution >= 0.6 is 0 Å². The van der Waals surface area contributed by atoms with Crippen LogP contribution in [-0.2, 0) is 33.6 Å². The second-order valence-electron chi connectivity index (χ2n) is 55.4. The Balaban J connectivity index is 0.000000216. The summed E-state index contributed by atoms with van der Waals surface area (Å²) in [5, 5.41) is 9.24. The molecule has 18 aliphatic heterocycles. The molecule has 26 nitrogen and oxygen atoms in total. The smallest absolute Gasteiger partial charge is 0.373 e. The Labute approximate surface area is 878 Å². The lowest BCUT2D eigenvalue weighted by Crippen LogP contribution is -2.68. The quantitative estimate of drug-likeness (QED) is 0.216. The summed E-state index contributed by atoms with van der Waals surface area (Å²) in [5.74, 6) is -0.634. The van der Waals surface area contributed by atoms with Gasteiger partial charge < -0.3 is 10.0 Å². The molecule has 18 rings (SSSR count). The monoisotopic (exact) mass is 2010 g/mol. The molecule has 9 atom stereocenters. The average molecular weight is 2010 g/mol. The fourth-order valence-corrected chi connectivity index (χ4v) is 25.7. The van der Waals surface area contributed by atoms with Gasteiger partial charge in [0, 0.05) is 272 Å². The third kappa shape index (κ3) is 40.7. The average Bonchev–Trinajstić information content (AvgIpc) is 1.70. The molecule has 18 fully saturated rings. The molecule has 0 aromatic heterocycles. The normalized spacial score (nSPS) is 29.4. The molecule has 0 aromatic carbocycles. The minimum atomic E-state index is -0.634. The molecule has 26 heteroatoms. The molecule has 143 heavy (non-hydrogen) atoms. The summed E-state index contributed by atoms with van der Waals surface area (Å²) in [5.41, 5.74) is 3.20. The van der Waals surface area contributed by atoms with Crippen molar-refractivity contribution in [1.82, 2.24) is 88.2 Å². The summed E-state index contributed by atoms with van der Waals surface area (Å²) >= 11 is 0. The first-order valence-corrected chi connectivity index (χ1v) is 58.5. The number of likely N-dealkylation sites (tertiary alicyclic amines) is 18. The molecule has 9 unspecified atom stereocenters. The standard InChI is InChI=1S/C14H26N2O2.2C14H28N2.2C13H26N2.2C12H24N2.2C11H22N2.3CO2/c1-14(2,3)15-9-6-11(7-10-15)16-8-4-5-12(16)13(17)18;1-12-7-5-6-9-16(12)13-8-10-15(11-13)14(2,3)4;1-14(2,3)16-11-7-13(8-12-16)15-9-5-4-6-10-15;1-11-5-10-15(11)12-6-8-14(9-7-12)13(2,3)4;1-11-6-5-8-15(11)12-7-9-14(10-12)13(2,3)4;1-10-5-8-14(10)11-6-7-13(9-11)12(2,3)4;1-12(2,3)14-9-11(10-14)13-7-5-4-6-8-13;1-9-5-6-13(9)10-7-12(8-10)11(2,3)4;1-11(2,3)13-8-10(9-13)12-6-4-5-7-12;3*2-1-3/h11-12H,4-10H2,1-3H3,(H,17,18);12-13H,5-11H2,1-4H3;13H,4-12H2,1-3H3;2*11-12H,5-10H2,1-4H3;10-11H,5-9H2,1-4H3;11H,4-10H2,1-3H3;9-10H,5-8H2,1-4H3;10H,4-9H2,1-3H3;;;. The highest BCUT2D eigenvalue weighted by molar-refractivity contribution is 5.73. The minimum Gasteiger partial charge on any atom is -0.480 e. The Morgan fingerprint density at radius 2 is 0.385 bits per heavy atom. The highest BCUT2D eigenvalue weighted by Gasteiger charge is 2.47. The van der Waals surface area contributed by atoms with Crippen molar-refractivity contribution in [2.24, 2.45) is 0 Å². The van der Waals surface area contributed by atoms with Crippen LogP contribution in [0.4, 0.5) is 0 Å². The number of hydrogen-bond acceptors (Lipinski definition) is 25. The van der Waals surface area contributed by atoms with Crippen LogP contribution in [0, 0.1) is 0 Å². The van der Waals surface area contributed by atoms with Gasteiger partial charge in [-0.05, 0) is 435 Å². The maximum absolute atomic E-state index is 11.2. The first-order valence-electron chi connectivity index (χ1n) is 58.5. The van der Waals surface area contributed by atoms with E-state index < -0.39 is 5.97 Å². The van der Waals surface area contributed by atoms with Gasteiger partial charge in [-0.15, -0.1) is 0 Å². The second-order valence-corrected chi connectivity index (χ2v) is 55.4. The lowest BCUT2D eigenvalue weighted by molar-refractivity contribution is -0.193. The van der Waals surface area contributed by atoms with Crippen LogP contribution in [0.15, 0.2) is 0 Å². The third-order valence-electron chi connectivity index (χ3n) is 36.4. The molecule has 832 valence electrons. The SMILES string of the molecule is CC(C)(C)N1CC(N2CCCC2)C1.CC(C)(C)N1CC(N2CCCCC2)C1.CC(C)(C)N1CCC(N2CCCC2C(=O)O)CC1.CC(C)(C)N1CCC(N2CCCCC2)CC1.CC1CCCCN1C1CCN(C(C)(C)C)C1.CC1CCCN1C1CCN(C(C)(C)C)C1.CC1CCN1C1CCN(C(C)(C)C)C1.CC1CCN1C1CCN(C(C)(C)C)CC1.CC1CCN1C1CN(C(C)(C)C)C1.O=C=O.O=C=O.O=C=O. The predicted octanol–water partition coefficient (Wildman–Crippen LogP) is 17.2. The molecule has 18 aliphatic rings. The Bertz CT molecular complexity index is 3570. The molecular weight excluding hydrogens is 1790 g/mol. The second kappa shape index (κ2) is 58.3. The number of carbonyl (C=O) groups excluding carboxylic acids is 6. The van der Waals surface area contributed by atoms with Crippen molar-refractivity contribution >= 4 is 24.4 Å². The zero-order chi connectivity index (χ0) is 107. The molecule has 0 saturated carbocycles. The summed E-state index contributed by atoms with van der Waals surface area (Å²) in [7, 11) is 0. The third-order valence-corrected chi connectivity index (χ3v) is 36.4. The molecular formula is C117H226N18O8. The van der Waals surface area contributed by atoms with Crippen LogP contribution in [0.5, 0.6) is 0 Å². The lowest BCUT2D eigenvalue weighted by Gasteiger charge is -2.56. The van der Waals surface area contributed by atoms with Crippen molar-refractivity contribution in [2.75, 3.05) is 196 Å². The van der Waals surface area contributed by atoms with Gasteiger partial charge in [0.05, 0.1) is 0 Å². The molecule has 0 aliphatic carbocycles. The molecule has 0 radical (unpaired) electrons. The van der Waals surface area contributed by atoms with E-state index in [1.165, 1.54) is 324 Å². The first-order chi connectivity index (χ1) is 66.8. The van der Waals surface area contributed by atoms with Crippen molar-refractivity contribution in [3.05, 3.63) is 0 Å². The van der Waals surface area contributed by atoms with Gasteiger partial charge in [0.25, 0.3) is 0 Å². The summed E-state index contributed by atoms with van der Waals surface area (Å²) < 4.78 is 0. The molecule has 0 spiro atoms. The lowest BCUT2D eigenvalue weighted by atomic mass is 9.92. The number of aliphatic carboxylic acids is 1. The maximum Gasteiger partial charge on any atom is 0.373 e. The van der Waals surface area contributed by atoms with E-state index >= 15 is 0 Å². The van der Waals surface area contributed by atoms with E-state index in [2.05, 4.69) is 310 Å². The Hall–Kier alpha value is -3.11. The van der Waals surface area contributed by atoms with Gasteiger partial charge in [-0.25, -0.2) is 0 Å².